The molecule has 1 heterocycles. The average Bonchev–Trinajstić information content (AvgIpc) is 2.79. The van der Waals surface area contributed by atoms with Gasteiger partial charge in [0, 0.05) is 37.1 Å². The molecule has 0 saturated carbocycles. The maximum atomic E-state index is 13.4. The highest BCUT2D eigenvalue weighted by Gasteiger charge is 2.34. The van der Waals surface area contributed by atoms with E-state index in [2.05, 4.69) is 16.0 Å². The van der Waals surface area contributed by atoms with Crippen molar-refractivity contribution in [2.24, 2.45) is 11.8 Å². The van der Waals surface area contributed by atoms with Gasteiger partial charge in [-0.15, -0.1) is 0 Å². The van der Waals surface area contributed by atoms with Crippen LogP contribution in [-0.2, 0) is 10.0 Å². The Hall–Kier alpha value is -3.11. The van der Waals surface area contributed by atoms with E-state index in [0.29, 0.717) is 24.5 Å². The van der Waals surface area contributed by atoms with Crippen molar-refractivity contribution in [3.05, 3.63) is 48.0 Å². The Morgan fingerprint density at radius 1 is 0.970 bits per heavy atom. The Balaban J connectivity index is 1.82. The van der Waals surface area contributed by atoms with E-state index in [4.69, 9.17) is 4.74 Å². The molecule has 2 unspecified atom stereocenters. The summed E-state index contributed by atoms with van der Waals surface area (Å²) in [4.78, 5) is 24.2. The number of hydrogen-bond donors (Lipinski definition) is 3. The van der Waals surface area contributed by atoms with E-state index in [1.807, 2.05) is 13.8 Å². The lowest BCUT2D eigenvalue weighted by molar-refractivity contribution is 0.102. The van der Waals surface area contributed by atoms with E-state index in [9.17, 15) is 18.0 Å². The number of methoxy groups -OCH3 is 1. The summed E-state index contributed by atoms with van der Waals surface area (Å²) in [5, 5.41) is 7.83. The molecule has 178 valence electrons. The molecule has 0 radical (unpaired) electrons. The molecule has 33 heavy (non-hydrogen) atoms. The maximum Gasteiger partial charge on any atom is 0.318 e. The Morgan fingerprint density at radius 2 is 1.55 bits per heavy atom. The highest BCUT2D eigenvalue weighted by Crippen LogP contribution is 2.32. The predicted octanol–water partition coefficient (Wildman–Crippen LogP) is 3.37. The molecule has 2 atom stereocenters. The molecule has 0 spiro atoms. The highest BCUT2D eigenvalue weighted by molar-refractivity contribution is 7.89. The number of carbonyl (C=O) groups excluding carboxylic acids is 2. The quantitative estimate of drug-likeness (QED) is 0.594. The summed E-state index contributed by atoms with van der Waals surface area (Å²) in [7, 11) is -0.917. The van der Waals surface area contributed by atoms with Crippen LogP contribution in [0, 0.1) is 11.8 Å². The highest BCUT2D eigenvalue weighted by atomic mass is 32.2. The van der Waals surface area contributed by atoms with E-state index < -0.39 is 15.9 Å². The number of anilines is 2. The lowest BCUT2D eigenvalue weighted by Crippen LogP contribution is -2.42. The molecule has 10 heteroatoms. The van der Waals surface area contributed by atoms with Crippen molar-refractivity contribution in [3.63, 3.8) is 0 Å². The largest absolute Gasteiger partial charge is 0.495 e. The van der Waals surface area contributed by atoms with Gasteiger partial charge in [0.15, 0.2) is 0 Å². The second-order valence-electron chi connectivity index (χ2n) is 8.37. The fourth-order valence-electron chi connectivity index (χ4n) is 3.99. The zero-order valence-corrected chi connectivity index (χ0v) is 20.0. The van der Waals surface area contributed by atoms with Crippen LogP contribution in [0.4, 0.5) is 16.2 Å². The number of urea groups is 1. The van der Waals surface area contributed by atoms with E-state index >= 15 is 0 Å². The van der Waals surface area contributed by atoms with Crippen LogP contribution in [-0.4, -0.2) is 51.9 Å². The Labute approximate surface area is 194 Å². The molecule has 3 N–H and O–H groups in total. The number of amides is 3. The van der Waals surface area contributed by atoms with E-state index in [1.54, 1.807) is 24.3 Å². The van der Waals surface area contributed by atoms with Crippen molar-refractivity contribution in [3.8, 4) is 5.75 Å². The minimum Gasteiger partial charge on any atom is -0.495 e. The molecule has 1 aliphatic rings. The number of ether oxygens (including phenoxy) is 1. The Morgan fingerprint density at radius 3 is 2.09 bits per heavy atom. The van der Waals surface area contributed by atoms with E-state index in [0.717, 1.165) is 6.42 Å². The molecule has 9 nitrogen and oxygen atoms in total. The van der Waals surface area contributed by atoms with Gasteiger partial charge in [-0.1, -0.05) is 13.8 Å². The van der Waals surface area contributed by atoms with Crippen LogP contribution in [0.5, 0.6) is 5.75 Å². The van der Waals surface area contributed by atoms with Crippen molar-refractivity contribution < 1.29 is 22.7 Å². The zero-order chi connectivity index (χ0) is 24.2. The lowest BCUT2D eigenvalue weighted by Gasteiger charge is -2.34. The molecule has 3 amide bonds. The summed E-state index contributed by atoms with van der Waals surface area (Å²) in [5.74, 6) is 0.243. The average molecular weight is 475 g/mol. The molecule has 0 aliphatic carbocycles. The number of benzene rings is 2. The molecule has 3 rings (SSSR count). The molecule has 1 aliphatic heterocycles. The number of nitrogens with zero attached hydrogens (tertiary/aromatic N) is 1. The number of sulfonamides is 1. The first kappa shape index (κ1) is 24.5. The fourth-order valence-corrected chi connectivity index (χ4v) is 5.86. The summed E-state index contributed by atoms with van der Waals surface area (Å²) in [6.07, 6.45) is 0.975. The number of nitrogens with one attached hydrogen (secondary N) is 3. The topological polar surface area (TPSA) is 117 Å². The number of piperidine rings is 1. The zero-order valence-electron chi connectivity index (χ0n) is 19.2. The SMILES string of the molecule is CNC(=O)Nc1ccc(NC(=O)c2ccc(OC)c(S(=O)(=O)N3CC(C)CC(C)C3)c2)cc1. The second-order valence-corrected chi connectivity index (χ2v) is 10.3. The summed E-state index contributed by atoms with van der Waals surface area (Å²) in [6, 6.07) is 10.6. The molecular formula is C23H30N4O5S. The van der Waals surface area contributed by atoms with Gasteiger partial charge in [-0.05, 0) is 60.7 Å². The van der Waals surface area contributed by atoms with Gasteiger partial charge in [-0.2, -0.15) is 4.31 Å². The summed E-state index contributed by atoms with van der Waals surface area (Å²) in [5.41, 5.74) is 1.26. The Kier molecular flexibility index (Phi) is 7.60. The van der Waals surface area contributed by atoms with Gasteiger partial charge in [0.25, 0.3) is 5.91 Å². The molecular weight excluding hydrogens is 444 g/mol. The summed E-state index contributed by atoms with van der Waals surface area (Å²) < 4.78 is 33.6. The Bertz CT molecular complexity index is 1110. The van der Waals surface area contributed by atoms with Crippen molar-refractivity contribution in [1.29, 1.82) is 0 Å². The van der Waals surface area contributed by atoms with Crippen LogP contribution in [0.3, 0.4) is 0 Å². The fraction of sp³-hybridized carbons (Fsp3) is 0.391. The first-order valence-electron chi connectivity index (χ1n) is 10.7. The van der Waals surface area contributed by atoms with Gasteiger partial charge in [-0.25, -0.2) is 13.2 Å². The number of carbonyl (C=O) groups is 2. The van der Waals surface area contributed by atoms with Crippen LogP contribution in [0.1, 0.15) is 30.6 Å². The molecule has 1 fully saturated rings. The van der Waals surface area contributed by atoms with E-state index in [-0.39, 0.29) is 34.1 Å². The van der Waals surface area contributed by atoms with Gasteiger partial charge < -0.3 is 20.7 Å². The third kappa shape index (κ3) is 5.82. The third-order valence-electron chi connectivity index (χ3n) is 5.51. The van der Waals surface area contributed by atoms with Gasteiger partial charge in [0.1, 0.15) is 10.6 Å². The first-order valence-corrected chi connectivity index (χ1v) is 12.2. The summed E-state index contributed by atoms with van der Waals surface area (Å²) >= 11 is 0. The standard InChI is InChI=1S/C23H30N4O5S/c1-15-11-16(2)14-27(13-15)33(30,31)21-12-17(5-10-20(21)32-4)22(28)25-18-6-8-19(9-7-18)26-23(29)24-3/h5-10,12,15-16H,11,13-14H2,1-4H3,(H,25,28)(H2,24,26,29). The molecule has 1 saturated heterocycles. The predicted molar refractivity (Wildman–Crippen MR) is 127 cm³/mol. The van der Waals surface area contributed by atoms with Gasteiger partial charge >= 0.3 is 6.03 Å². The monoisotopic (exact) mass is 474 g/mol. The molecule has 2 aromatic carbocycles. The lowest BCUT2D eigenvalue weighted by atomic mass is 9.94. The molecule has 2 aromatic rings. The first-order chi connectivity index (χ1) is 15.6. The van der Waals surface area contributed by atoms with Crippen molar-refractivity contribution in [1.82, 2.24) is 9.62 Å². The smallest absolute Gasteiger partial charge is 0.318 e. The second kappa shape index (κ2) is 10.2. The van der Waals surface area contributed by atoms with Crippen LogP contribution < -0.4 is 20.7 Å². The van der Waals surface area contributed by atoms with Gasteiger partial charge in [0.05, 0.1) is 7.11 Å². The van der Waals surface area contributed by atoms with Crippen molar-refractivity contribution in [2.45, 2.75) is 25.2 Å². The van der Waals surface area contributed by atoms with Crippen molar-refractivity contribution in [2.75, 3.05) is 37.9 Å². The van der Waals surface area contributed by atoms with Crippen LogP contribution in [0.25, 0.3) is 0 Å². The normalized spacial score (nSPS) is 18.9. The van der Waals surface area contributed by atoms with E-state index in [1.165, 1.54) is 36.7 Å². The number of hydrogen-bond acceptors (Lipinski definition) is 5. The van der Waals surface area contributed by atoms with Crippen molar-refractivity contribution >= 4 is 33.3 Å². The van der Waals surface area contributed by atoms with Crippen LogP contribution in [0.15, 0.2) is 47.4 Å². The maximum absolute atomic E-state index is 13.4. The minimum atomic E-state index is -3.84. The minimum absolute atomic E-state index is 0.0240. The third-order valence-corrected chi connectivity index (χ3v) is 7.36. The summed E-state index contributed by atoms with van der Waals surface area (Å²) in [6.45, 7) is 4.94. The van der Waals surface area contributed by atoms with Crippen LogP contribution >= 0.6 is 0 Å². The van der Waals surface area contributed by atoms with Crippen LogP contribution in [0.2, 0.25) is 0 Å². The molecule has 0 aromatic heterocycles. The molecule has 0 bridgehead atoms. The van der Waals surface area contributed by atoms with Gasteiger partial charge in [-0.3, -0.25) is 4.79 Å². The van der Waals surface area contributed by atoms with Gasteiger partial charge in [0.2, 0.25) is 10.0 Å². The number of rotatable bonds is 6.